The maximum absolute atomic E-state index is 9.95. The molecule has 126 valence electrons. The van der Waals surface area contributed by atoms with Crippen LogP contribution in [0.1, 0.15) is 17.9 Å². The number of methoxy groups -OCH3 is 2. The summed E-state index contributed by atoms with van der Waals surface area (Å²) in [7, 11) is 2.98. The van der Waals surface area contributed by atoms with Gasteiger partial charge in [-0.1, -0.05) is 6.07 Å². The summed E-state index contributed by atoms with van der Waals surface area (Å²) in [4.78, 5) is 0. The zero-order chi connectivity index (χ0) is 16.7. The Kier molecular flexibility index (Phi) is 3.52. The number of aromatic hydroxyl groups is 1. The lowest BCUT2D eigenvalue weighted by atomic mass is 10.1. The van der Waals surface area contributed by atoms with Gasteiger partial charge in [-0.25, -0.2) is 0 Å². The molecule has 1 heterocycles. The van der Waals surface area contributed by atoms with Crippen LogP contribution in [-0.2, 0) is 0 Å². The standard InChI is InChI=1S/C18H18O6/c1-20-16-6-11(7-17(21-2)18(16)19)24-14-8-12(14)10-3-4-13-15(5-10)23-9-22-13/h3-7,12,14,19H,8-9H2,1-2H3. The molecule has 4 rings (SSSR count). The van der Waals surface area contributed by atoms with E-state index in [2.05, 4.69) is 0 Å². The minimum absolute atomic E-state index is 0.0320. The van der Waals surface area contributed by atoms with Gasteiger partial charge in [0.2, 0.25) is 12.5 Å². The van der Waals surface area contributed by atoms with Crippen LogP contribution < -0.4 is 23.7 Å². The van der Waals surface area contributed by atoms with Gasteiger partial charge in [0, 0.05) is 18.1 Å². The number of ether oxygens (including phenoxy) is 5. The monoisotopic (exact) mass is 330 g/mol. The van der Waals surface area contributed by atoms with Crippen LogP contribution >= 0.6 is 0 Å². The van der Waals surface area contributed by atoms with Crippen molar-refractivity contribution in [1.29, 1.82) is 0 Å². The molecule has 1 aliphatic heterocycles. The highest BCUT2D eigenvalue weighted by molar-refractivity contribution is 5.55. The highest BCUT2D eigenvalue weighted by Gasteiger charge is 2.41. The van der Waals surface area contributed by atoms with Crippen LogP contribution in [-0.4, -0.2) is 32.2 Å². The Morgan fingerprint density at radius 3 is 2.42 bits per heavy atom. The van der Waals surface area contributed by atoms with Crippen LogP contribution in [0.25, 0.3) is 0 Å². The second-order valence-corrected chi connectivity index (χ2v) is 5.79. The first-order chi connectivity index (χ1) is 11.7. The van der Waals surface area contributed by atoms with Crippen LogP contribution in [0.15, 0.2) is 30.3 Å². The third kappa shape index (κ3) is 2.54. The highest BCUT2D eigenvalue weighted by Crippen LogP contribution is 2.48. The van der Waals surface area contributed by atoms with Crippen LogP contribution in [0.5, 0.6) is 34.5 Å². The molecule has 0 radical (unpaired) electrons. The van der Waals surface area contributed by atoms with E-state index < -0.39 is 0 Å². The highest BCUT2D eigenvalue weighted by atomic mass is 16.7. The molecule has 0 saturated heterocycles. The van der Waals surface area contributed by atoms with Crippen LogP contribution in [0.2, 0.25) is 0 Å². The lowest BCUT2D eigenvalue weighted by Gasteiger charge is -2.12. The molecule has 1 saturated carbocycles. The molecule has 0 bridgehead atoms. The fourth-order valence-electron chi connectivity index (χ4n) is 2.91. The summed E-state index contributed by atoms with van der Waals surface area (Å²) in [6.45, 7) is 0.274. The summed E-state index contributed by atoms with van der Waals surface area (Å²) in [5, 5.41) is 9.95. The van der Waals surface area contributed by atoms with E-state index in [0.29, 0.717) is 23.2 Å². The molecule has 6 nitrogen and oxygen atoms in total. The van der Waals surface area contributed by atoms with Crippen LogP contribution in [0.4, 0.5) is 0 Å². The zero-order valence-electron chi connectivity index (χ0n) is 13.4. The van der Waals surface area contributed by atoms with E-state index in [-0.39, 0.29) is 18.6 Å². The first-order valence-corrected chi connectivity index (χ1v) is 7.71. The number of rotatable bonds is 5. The third-order valence-electron chi connectivity index (χ3n) is 4.30. The number of phenols is 1. The maximum atomic E-state index is 9.95. The molecule has 2 aromatic carbocycles. The molecule has 0 amide bonds. The van der Waals surface area contributed by atoms with E-state index in [4.69, 9.17) is 23.7 Å². The molecule has 2 unspecified atom stereocenters. The summed E-state index contributed by atoms with van der Waals surface area (Å²) >= 11 is 0. The normalized spacial score (nSPS) is 20.6. The Morgan fingerprint density at radius 2 is 1.71 bits per heavy atom. The second kappa shape index (κ2) is 5.70. The van der Waals surface area contributed by atoms with Crippen molar-refractivity contribution in [2.75, 3.05) is 21.0 Å². The Morgan fingerprint density at radius 1 is 1.00 bits per heavy atom. The molecular formula is C18H18O6. The van der Waals surface area contributed by atoms with Crippen molar-refractivity contribution in [1.82, 2.24) is 0 Å². The average molecular weight is 330 g/mol. The summed E-state index contributed by atoms with van der Waals surface area (Å²) < 4.78 is 27.1. The Hall–Kier alpha value is -2.76. The van der Waals surface area contributed by atoms with Gasteiger partial charge in [0.15, 0.2) is 23.0 Å². The van der Waals surface area contributed by atoms with E-state index >= 15 is 0 Å². The van der Waals surface area contributed by atoms with E-state index in [1.807, 2.05) is 18.2 Å². The number of phenolic OH excluding ortho intramolecular Hbond substituents is 1. The van der Waals surface area contributed by atoms with Gasteiger partial charge in [0.05, 0.1) is 14.2 Å². The van der Waals surface area contributed by atoms with Crippen molar-refractivity contribution in [2.45, 2.75) is 18.4 Å². The van der Waals surface area contributed by atoms with Gasteiger partial charge in [-0.05, 0) is 24.1 Å². The van der Waals surface area contributed by atoms with E-state index in [1.54, 1.807) is 12.1 Å². The largest absolute Gasteiger partial charge is 0.502 e. The topological polar surface area (TPSA) is 66.4 Å². The van der Waals surface area contributed by atoms with Crippen molar-refractivity contribution in [3.8, 4) is 34.5 Å². The Labute approximate surface area is 139 Å². The van der Waals surface area contributed by atoms with Crippen LogP contribution in [0.3, 0.4) is 0 Å². The lowest BCUT2D eigenvalue weighted by molar-refractivity contribution is 0.174. The van der Waals surface area contributed by atoms with Crippen LogP contribution in [0, 0.1) is 0 Å². The molecule has 2 aliphatic rings. The Balaban J connectivity index is 1.50. The van der Waals surface area contributed by atoms with Crippen molar-refractivity contribution < 1.29 is 28.8 Å². The molecule has 1 fully saturated rings. The number of hydrogen-bond donors (Lipinski definition) is 1. The smallest absolute Gasteiger partial charge is 0.231 e. The van der Waals surface area contributed by atoms with E-state index in [0.717, 1.165) is 17.9 Å². The lowest BCUT2D eigenvalue weighted by Crippen LogP contribution is -2.01. The first-order valence-electron chi connectivity index (χ1n) is 7.71. The average Bonchev–Trinajstić information content (AvgIpc) is 3.20. The fourth-order valence-corrected chi connectivity index (χ4v) is 2.91. The first kappa shape index (κ1) is 14.8. The van der Waals surface area contributed by atoms with Gasteiger partial charge in [0.25, 0.3) is 0 Å². The quantitative estimate of drug-likeness (QED) is 0.909. The molecule has 24 heavy (non-hydrogen) atoms. The van der Waals surface area contributed by atoms with E-state index in [1.165, 1.54) is 19.8 Å². The van der Waals surface area contributed by atoms with Gasteiger partial charge in [-0.3, -0.25) is 0 Å². The Bertz CT molecular complexity index is 747. The number of benzene rings is 2. The molecule has 2 aromatic rings. The van der Waals surface area contributed by atoms with Gasteiger partial charge in [-0.2, -0.15) is 0 Å². The summed E-state index contributed by atoms with van der Waals surface area (Å²) in [6, 6.07) is 9.30. The molecule has 1 N–H and O–H groups in total. The maximum Gasteiger partial charge on any atom is 0.231 e. The second-order valence-electron chi connectivity index (χ2n) is 5.79. The van der Waals surface area contributed by atoms with Crippen molar-refractivity contribution in [2.24, 2.45) is 0 Å². The van der Waals surface area contributed by atoms with Crippen molar-refractivity contribution in [3.63, 3.8) is 0 Å². The van der Waals surface area contributed by atoms with Gasteiger partial charge in [-0.15, -0.1) is 0 Å². The summed E-state index contributed by atoms with van der Waals surface area (Å²) in [5.74, 6) is 3.10. The molecule has 0 aromatic heterocycles. The fraction of sp³-hybridized carbons (Fsp3) is 0.333. The van der Waals surface area contributed by atoms with Gasteiger partial charge < -0.3 is 28.8 Å². The number of hydrogen-bond acceptors (Lipinski definition) is 6. The van der Waals surface area contributed by atoms with Gasteiger partial charge in [0.1, 0.15) is 11.9 Å². The van der Waals surface area contributed by atoms with Crippen molar-refractivity contribution in [3.05, 3.63) is 35.9 Å². The minimum Gasteiger partial charge on any atom is -0.502 e. The van der Waals surface area contributed by atoms with Gasteiger partial charge >= 0.3 is 0 Å². The zero-order valence-corrected chi connectivity index (χ0v) is 13.4. The molecule has 2 atom stereocenters. The predicted molar refractivity (Wildman–Crippen MR) is 85.5 cm³/mol. The SMILES string of the molecule is COc1cc(OC2CC2c2ccc3c(c2)OCO3)cc(OC)c1O. The van der Waals surface area contributed by atoms with E-state index in [9.17, 15) is 5.11 Å². The summed E-state index contributed by atoms with van der Waals surface area (Å²) in [6.07, 6.45) is 0.995. The minimum atomic E-state index is -0.0320. The molecule has 0 spiro atoms. The molecule has 1 aliphatic carbocycles. The van der Waals surface area contributed by atoms with Crippen molar-refractivity contribution >= 4 is 0 Å². The summed E-state index contributed by atoms with van der Waals surface area (Å²) in [5.41, 5.74) is 1.17. The third-order valence-corrected chi connectivity index (χ3v) is 4.30. The predicted octanol–water partition coefficient (Wildman–Crippen LogP) is 3.07. The number of fused-ring (bicyclic) bond motifs is 1. The molecular weight excluding hydrogens is 312 g/mol. The molecule has 6 heteroatoms.